The van der Waals surface area contributed by atoms with Gasteiger partial charge in [0.1, 0.15) is 11.8 Å². The Kier molecular flexibility index (Phi) is 5.84. The van der Waals surface area contributed by atoms with E-state index in [0.29, 0.717) is 23.4 Å². The van der Waals surface area contributed by atoms with Crippen molar-refractivity contribution in [3.8, 4) is 0 Å². The third-order valence-corrected chi connectivity index (χ3v) is 5.15. The van der Waals surface area contributed by atoms with Crippen LogP contribution in [0.1, 0.15) is 39.7 Å². The largest absolute Gasteiger partial charge is 0.467 e. The second-order valence-electron chi connectivity index (χ2n) is 7.31. The summed E-state index contributed by atoms with van der Waals surface area (Å²) >= 11 is 0. The molecule has 1 aliphatic heterocycles. The normalized spacial score (nSPS) is 15.5. The predicted octanol–water partition coefficient (Wildman–Crippen LogP) is 4.16. The number of aryl methyl sites for hydroxylation is 1. The van der Waals surface area contributed by atoms with Gasteiger partial charge in [0.25, 0.3) is 5.91 Å². The summed E-state index contributed by atoms with van der Waals surface area (Å²) in [5.41, 5.74) is 4.04. The molecule has 0 fully saturated rings. The molecule has 7 nitrogen and oxygen atoms in total. The van der Waals surface area contributed by atoms with E-state index in [0.717, 1.165) is 16.8 Å². The highest BCUT2D eigenvalue weighted by molar-refractivity contribution is 6.03. The van der Waals surface area contributed by atoms with E-state index in [1.165, 1.54) is 12.1 Å². The van der Waals surface area contributed by atoms with Crippen LogP contribution in [0.4, 0.5) is 5.69 Å². The molecule has 1 unspecified atom stereocenters. The van der Waals surface area contributed by atoms with Gasteiger partial charge in [0.05, 0.1) is 31.2 Å². The van der Waals surface area contributed by atoms with Gasteiger partial charge in [-0.1, -0.05) is 35.9 Å². The van der Waals surface area contributed by atoms with E-state index in [1.807, 2.05) is 37.3 Å². The van der Waals surface area contributed by atoms with Gasteiger partial charge in [0, 0.05) is 12.1 Å². The Hall–Kier alpha value is -3.87. The number of nitrogens with zero attached hydrogens (tertiary/aromatic N) is 2. The van der Waals surface area contributed by atoms with Gasteiger partial charge in [-0.3, -0.25) is 4.79 Å². The van der Waals surface area contributed by atoms with E-state index in [4.69, 9.17) is 9.15 Å². The van der Waals surface area contributed by atoms with Crippen LogP contribution in [-0.4, -0.2) is 36.3 Å². The van der Waals surface area contributed by atoms with Crippen molar-refractivity contribution in [2.24, 2.45) is 5.10 Å². The van der Waals surface area contributed by atoms with Crippen molar-refractivity contribution in [3.63, 3.8) is 0 Å². The maximum absolute atomic E-state index is 13.1. The van der Waals surface area contributed by atoms with Crippen molar-refractivity contribution in [1.82, 2.24) is 5.01 Å². The van der Waals surface area contributed by atoms with Crippen molar-refractivity contribution in [1.29, 1.82) is 0 Å². The maximum Gasteiger partial charge on any atom is 0.337 e. The van der Waals surface area contributed by atoms with Crippen LogP contribution in [0, 0.1) is 6.92 Å². The summed E-state index contributed by atoms with van der Waals surface area (Å²) in [5.74, 6) is 0.0543. The molecule has 4 rings (SSSR count). The number of nitrogens with one attached hydrogen (secondary N) is 1. The monoisotopic (exact) mass is 417 g/mol. The summed E-state index contributed by atoms with van der Waals surface area (Å²) in [7, 11) is 1.33. The second kappa shape index (κ2) is 8.87. The first kappa shape index (κ1) is 20.4. The van der Waals surface area contributed by atoms with Gasteiger partial charge >= 0.3 is 5.97 Å². The van der Waals surface area contributed by atoms with E-state index in [2.05, 4.69) is 10.4 Å². The number of furan rings is 1. The van der Waals surface area contributed by atoms with Crippen molar-refractivity contribution in [3.05, 3.63) is 89.4 Å². The lowest BCUT2D eigenvalue weighted by atomic mass is 10.0. The van der Waals surface area contributed by atoms with Gasteiger partial charge in [-0.15, -0.1) is 0 Å². The molecule has 1 amide bonds. The minimum atomic E-state index is -0.431. The van der Waals surface area contributed by atoms with E-state index >= 15 is 0 Å². The van der Waals surface area contributed by atoms with Gasteiger partial charge in [0.2, 0.25) is 0 Å². The first-order valence-electron chi connectivity index (χ1n) is 9.97. The summed E-state index contributed by atoms with van der Waals surface area (Å²) in [5, 5.41) is 9.17. The van der Waals surface area contributed by atoms with Gasteiger partial charge < -0.3 is 14.5 Å². The zero-order valence-corrected chi connectivity index (χ0v) is 17.4. The van der Waals surface area contributed by atoms with E-state index in [-0.39, 0.29) is 18.5 Å². The van der Waals surface area contributed by atoms with Gasteiger partial charge in [-0.2, -0.15) is 5.10 Å². The summed E-state index contributed by atoms with van der Waals surface area (Å²) in [6.07, 6.45) is 2.17. The number of methoxy groups -OCH3 is 1. The number of hydrogen-bond acceptors (Lipinski definition) is 6. The summed E-state index contributed by atoms with van der Waals surface area (Å²) in [4.78, 5) is 24.8. The number of hydrogen-bond donors (Lipinski definition) is 1. The molecular formula is C24H23N3O4. The molecule has 1 aliphatic rings. The van der Waals surface area contributed by atoms with Crippen LogP contribution in [0.5, 0.6) is 0 Å². The minimum Gasteiger partial charge on any atom is -0.467 e. The third-order valence-electron chi connectivity index (χ3n) is 5.15. The van der Waals surface area contributed by atoms with Crippen LogP contribution in [0.2, 0.25) is 0 Å². The van der Waals surface area contributed by atoms with Crippen molar-refractivity contribution in [2.75, 3.05) is 19.0 Å². The molecule has 1 atom stereocenters. The van der Waals surface area contributed by atoms with Crippen LogP contribution in [0.15, 0.2) is 76.4 Å². The molecule has 0 saturated heterocycles. The fourth-order valence-corrected chi connectivity index (χ4v) is 3.50. The first-order chi connectivity index (χ1) is 15.0. The highest BCUT2D eigenvalue weighted by atomic mass is 16.5. The smallest absolute Gasteiger partial charge is 0.337 e. The zero-order chi connectivity index (χ0) is 21.8. The molecule has 0 aliphatic carbocycles. The van der Waals surface area contributed by atoms with E-state index in [1.54, 1.807) is 36.6 Å². The lowest BCUT2D eigenvalue weighted by Gasteiger charge is -2.20. The van der Waals surface area contributed by atoms with E-state index in [9.17, 15) is 9.59 Å². The fraction of sp³-hybridized carbons (Fsp3) is 0.208. The number of benzene rings is 2. The van der Waals surface area contributed by atoms with Crippen molar-refractivity contribution < 1.29 is 18.7 Å². The number of anilines is 1. The highest BCUT2D eigenvalue weighted by Gasteiger charge is 2.34. The Morgan fingerprint density at radius 3 is 2.68 bits per heavy atom. The van der Waals surface area contributed by atoms with Crippen LogP contribution in [0.25, 0.3) is 0 Å². The molecule has 1 N–H and O–H groups in total. The lowest BCUT2D eigenvalue weighted by molar-refractivity contribution is -0.131. The summed E-state index contributed by atoms with van der Waals surface area (Å²) in [6.45, 7) is 2.05. The Morgan fingerprint density at radius 1 is 1.16 bits per heavy atom. The van der Waals surface area contributed by atoms with Gasteiger partial charge in [-0.25, -0.2) is 9.80 Å². The quantitative estimate of drug-likeness (QED) is 0.609. The van der Waals surface area contributed by atoms with Gasteiger partial charge in [0.15, 0.2) is 0 Å². The van der Waals surface area contributed by atoms with Crippen molar-refractivity contribution >= 4 is 23.3 Å². The average molecular weight is 417 g/mol. The average Bonchev–Trinajstić information content (AvgIpc) is 3.47. The van der Waals surface area contributed by atoms with Crippen LogP contribution >= 0.6 is 0 Å². The van der Waals surface area contributed by atoms with E-state index < -0.39 is 5.97 Å². The van der Waals surface area contributed by atoms with Crippen LogP contribution in [-0.2, 0) is 9.53 Å². The molecule has 0 spiro atoms. The number of carbonyl (C=O) groups is 2. The molecule has 3 aromatic rings. The third kappa shape index (κ3) is 4.50. The molecule has 0 bridgehead atoms. The molecule has 7 heteroatoms. The Labute approximate surface area is 180 Å². The molecule has 31 heavy (non-hydrogen) atoms. The molecular weight excluding hydrogens is 394 g/mol. The lowest BCUT2D eigenvalue weighted by Crippen LogP contribution is -2.32. The minimum absolute atomic E-state index is 0.0203. The SMILES string of the molecule is COC(=O)c1cccc(NCC(=O)N2N=C(c3ccc(C)cc3)CC2c2ccco2)c1. The Bertz CT molecular complexity index is 1100. The standard InChI is InChI=1S/C24H23N3O4/c1-16-8-10-17(11-9-16)20-14-21(22-7-4-12-31-22)27(26-20)23(28)15-25-19-6-3-5-18(13-19)24(29)30-2/h3-13,21,25H,14-15H2,1-2H3. The number of esters is 1. The molecule has 1 aromatic heterocycles. The Morgan fingerprint density at radius 2 is 1.97 bits per heavy atom. The molecule has 2 heterocycles. The molecule has 2 aromatic carbocycles. The fourth-order valence-electron chi connectivity index (χ4n) is 3.50. The zero-order valence-electron chi connectivity index (χ0n) is 17.4. The summed E-state index contributed by atoms with van der Waals surface area (Å²) in [6, 6.07) is 18.3. The number of carbonyl (C=O) groups excluding carboxylic acids is 2. The number of amides is 1. The highest BCUT2D eigenvalue weighted by Crippen LogP contribution is 2.33. The molecule has 158 valence electrons. The first-order valence-corrected chi connectivity index (χ1v) is 9.97. The number of rotatable bonds is 6. The van der Waals surface area contributed by atoms with Crippen LogP contribution in [0.3, 0.4) is 0 Å². The summed E-state index contributed by atoms with van der Waals surface area (Å²) < 4.78 is 10.3. The molecule has 0 radical (unpaired) electrons. The number of ether oxygens (including phenoxy) is 1. The Balaban J connectivity index is 1.52. The maximum atomic E-state index is 13.1. The van der Waals surface area contributed by atoms with Gasteiger partial charge in [-0.05, 0) is 42.8 Å². The topological polar surface area (TPSA) is 84.1 Å². The predicted molar refractivity (Wildman–Crippen MR) is 117 cm³/mol. The van der Waals surface area contributed by atoms with Crippen molar-refractivity contribution in [2.45, 2.75) is 19.4 Å². The van der Waals surface area contributed by atoms with Crippen LogP contribution < -0.4 is 5.32 Å². The molecule has 0 saturated carbocycles. The number of hydrazone groups is 1. The second-order valence-corrected chi connectivity index (χ2v) is 7.31.